The van der Waals surface area contributed by atoms with Crippen LogP contribution in [-0.2, 0) is 11.2 Å². The number of amides is 1. The van der Waals surface area contributed by atoms with Gasteiger partial charge in [0.2, 0.25) is 5.91 Å². The van der Waals surface area contributed by atoms with Gasteiger partial charge in [-0.1, -0.05) is 23.7 Å². The average Bonchev–Trinajstić information content (AvgIpc) is 2.93. The predicted molar refractivity (Wildman–Crippen MR) is 102 cm³/mol. The van der Waals surface area contributed by atoms with Crippen LogP contribution in [0, 0.1) is 0 Å². The molecule has 1 aromatic carbocycles. The fraction of sp³-hybridized carbons (Fsp3) is 0.421. The number of hydrogen-bond donors (Lipinski definition) is 0. The van der Waals surface area contributed by atoms with Crippen LogP contribution in [0.3, 0.4) is 0 Å². The molecule has 1 aromatic heterocycles. The van der Waals surface area contributed by atoms with Crippen molar-refractivity contribution >= 4 is 23.3 Å². The van der Waals surface area contributed by atoms with E-state index < -0.39 is 0 Å². The van der Waals surface area contributed by atoms with E-state index in [4.69, 9.17) is 16.3 Å². The van der Waals surface area contributed by atoms with Gasteiger partial charge >= 0.3 is 0 Å². The average molecular weight is 375 g/mol. The van der Waals surface area contributed by atoms with E-state index in [-0.39, 0.29) is 5.91 Å². The summed E-state index contributed by atoms with van der Waals surface area (Å²) in [6.45, 7) is 3.01. The van der Waals surface area contributed by atoms with Crippen LogP contribution in [0.2, 0.25) is 5.02 Å². The van der Waals surface area contributed by atoms with Crippen LogP contribution in [-0.4, -0.2) is 54.1 Å². The molecule has 0 N–H and O–H groups in total. The molecule has 0 spiro atoms. The lowest BCUT2D eigenvalue weighted by Crippen LogP contribution is -2.35. The van der Waals surface area contributed by atoms with Gasteiger partial charge in [0.25, 0.3) is 0 Å². The van der Waals surface area contributed by atoms with Gasteiger partial charge in [0, 0.05) is 32.6 Å². The van der Waals surface area contributed by atoms with Crippen LogP contribution >= 0.6 is 11.6 Å². The van der Waals surface area contributed by atoms with E-state index in [1.54, 1.807) is 13.3 Å². The molecule has 0 aliphatic carbocycles. The van der Waals surface area contributed by atoms with Gasteiger partial charge in [-0.2, -0.15) is 0 Å². The minimum Gasteiger partial charge on any atom is -0.497 e. The van der Waals surface area contributed by atoms with Crippen LogP contribution in [0.15, 0.2) is 36.8 Å². The summed E-state index contributed by atoms with van der Waals surface area (Å²) in [6, 6.07) is 7.87. The quantitative estimate of drug-likeness (QED) is 0.805. The molecular formula is C19H23ClN4O2. The Kier molecular flexibility index (Phi) is 6.28. The molecule has 0 unspecified atom stereocenters. The summed E-state index contributed by atoms with van der Waals surface area (Å²) in [6.07, 6.45) is 5.26. The summed E-state index contributed by atoms with van der Waals surface area (Å²) in [7, 11) is 1.65. The lowest BCUT2D eigenvalue weighted by Gasteiger charge is -2.23. The molecule has 1 saturated heterocycles. The summed E-state index contributed by atoms with van der Waals surface area (Å²) in [5.74, 6) is 1.77. The van der Waals surface area contributed by atoms with E-state index in [1.165, 1.54) is 6.33 Å². The van der Waals surface area contributed by atoms with E-state index in [9.17, 15) is 4.79 Å². The van der Waals surface area contributed by atoms with Crippen molar-refractivity contribution in [3.8, 4) is 5.75 Å². The topological polar surface area (TPSA) is 58.6 Å². The first kappa shape index (κ1) is 18.5. The summed E-state index contributed by atoms with van der Waals surface area (Å²) in [5, 5.41) is 0.548. The van der Waals surface area contributed by atoms with Crippen LogP contribution < -0.4 is 9.64 Å². The lowest BCUT2D eigenvalue weighted by molar-refractivity contribution is -0.130. The number of nitrogens with zero attached hydrogens (tertiary/aromatic N) is 4. The van der Waals surface area contributed by atoms with Crippen molar-refractivity contribution in [1.29, 1.82) is 0 Å². The maximum Gasteiger partial charge on any atom is 0.222 e. The molecule has 138 valence electrons. The molecule has 7 heteroatoms. The number of aromatic nitrogens is 2. The van der Waals surface area contributed by atoms with Crippen LogP contribution in [0.5, 0.6) is 5.75 Å². The standard InChI is InChI=1S/C19H23ClN4O2/c1-26-16-6-3-15(4-7-16)5-8-18(25)23-9-2-10-24(12-11-23)19-17(20)13-21-14-22-19/h3-4,6-7,13-14H,2,5,8-12H2,1H3. The zero-order valence-corrected chi connectivity index (χ0v) is 15.7. The lowest BCUT2D eigenvalue weighted by atomic mass is 10.1. The third-order valence-corrected chi connectivity index (χ3v) is 4.85. The minimum absolute atomic E-state index is 0.191. The molecule has 2 aromatic rings. The normalized spacial score (nSPS) is 14.8. The molecule has 3 rings (SSSR count). The Morgan fingerprint density at radius 2 is 2.00 bits per heavy atom. The molecule has 6 nitrogen and oxygen atoms in total. The molecular weight excluding hydrogens is 352 g/mol. The van der Waals surface area contributed by atoms with Crippen LogP contribution in [0.25, 0.3) is 0 Å². The Balaban J connectivity index is 1.53. The van der Waals surface area contributed by atoms with Gasteiger partial charge in [-0.3, -0.25) is 4.79 Å². The highest BCUT2D eigenvalue weighted by atomic mass is 35.5. The van der Waals surface area contributed by atoms with Crippen molar-refractivity contribution in [3.05, 3.63) is 47.4 Å². The van der Waals surface area contributed by atoms with E-state index in [0.717, 1.165) is 49.6 Å². The molecule has 1 amide bonds. The van der Waals surface area contributed by atoms with E-state index in [1.807, 2.05) is 29.2 Å². The van der Waals surface area contributed by atoms with Gasteiger partial charge < -0.3 is 14.5 Å². The van der Waals surface area contributed by atoms with Crippen LogP contribution in [0.4, 0.5) is 5.82 Å². The Bertz CT molecular complexity index is 739. The summed E-state index contributed by atoms with van der Waals surface area (Å²) < 4.78 is 5.16. The Morgan fingerprint density at radius 3 is 2.73 bits per heavy atom. The Hall–Kier alpha value is -2.34. The monoisotopic (exact) mass is 374 g/mol. The fourth-order valence-electron chi connectivity index (χ4n) is 3.12. The van der Waals surface area contributed by atoms with Crippen molar-refractivity contribution in [3.63, 3.8) is 0 Å². The van der Waals surface area contributed by atoms with E-state index in [0.29, 0.717) is 18.0 Å². The van der Waals surface area contributed by atoms with Crippen molar-refractivity contribution in [1.82, 2.24) is 14.9 Å². The number of rotatable bonds is 5. The summed E-state index contributed by atoms with van der Waals surface area (Å²) in [4.78, 5) is 24.9. The van der Waals surface area contributed by atoms with Gasteiger partial charge in [0.15, 0.2) is 5.82 Å². The van der Waals surface area contributed by atoms with Gasteiger partial charge in [0.05, 0.1) is 13.3 Å². The van der Waals surface area contributed by atoms with Gasteiger partial charge in [-0.15, -0.1) is 0 Å². The van der Waals surface area contributed by atoms with Crippen molar-refractivity contribution in [2.24, 2.45) is 0 Å². The van der Waals surface area contributed by atoms with E-state index >= 15 is 0 Å². The molecule has 2 heterocycles. The highest BCUT2D eigenvalue weighted by Gasteiger charge is 2.21. The van der Waals surface area contributed by atoms with Crippen molar-refractivity contribution < 1.29 is 9.53 Å². The first-order valence-corrected chi connectivity index (χ1v) is 9.16. The Morgan fingerprint density at radius 1 is 1.19 bits per heavy atom. The summed E-state index contributed by atoms with van der Waals surface area (Å²) >= 11 is 6.19. The minimum atomic E-state index is 0.191. The van der Waals surface area contributed by atoms with E-state index in [2.05, 4.69) is 14.9 Å². The second-order valence-corrected chi connectivity index (χ2v) is 6.67. The third-order valence-electron chi connectivity index (χ3n) is 4.58. The van der Waals surface area contributed by atoms with Crippen molar-refractivity contribution in [2.75, 3.05) is 38.2 Å². The zero-order valence-electron chi connectivity index (χ0n) is 14.9. The van der Waals surface area contributed by atoms with Gasteiger partial charge in [-0.25, -0.2) is 9.97 Å². The number of halogens is 1. The fourth-order valence-corrected chi connectivity index (χ4v) is 3.34. The molecule has 0 radical (unpaired) electrons. The number of carbonyl (C=O) groups is 1. The molecule has 1 aliphatic heterocycles. The largest absolute Gasteiger partial charge is 0.497 e. The number of aryl methyl sites for hydroxylation is 1. The van der Waals surface area contributed by atoms with Crippen LogP contribution in [0.1, 0.15) is 18.4 Å². The molecule has 1 fully saturated rings. The zero-order chi connectivity index (χ0) is 18.4. The number of anilines is 1. The SMILES string of the molecule is COc1ccc(CCC(=O)N2CCCN(c3ncncc3Cl)CC2)cc1. The highest BCUT2D eigenvalue weighted by molar-refractivity contribution is 6.32. The van der Waals surface area contributed by atoms with Gasteiger partial charge in [0.1, 0.15) is 17.1 Å². The smallest absolute Gasteiger partial charge is 0.222 e. The Labute approximate surface area is 158 Å². The molecule has 26 heavy (non-hydrogen) atoms. The third kappa shape index (κ3) is 4.64. The molecule has 0 atom stereocenters. The summed E-state index contributed by atoms with van der Waals surface area (Å²) in [5.41, 5.74) is 1.14. The predicted octanol–water partition coefficient (Wildman–Crippen LogP) is 2.81. The van der Waals surface area contributed by atoms with Gasteiger partial charge in [-0.05, 0) is 30.5 Å². The first-order valence-electron chi connectivity index (χ1n) is 8.78. The van der Waals surface area contributed by atoms with Crippen molar-refractivity contribution in [2.45, 2.75) is 19.3 Å². The second-order valence-electron chi connectivity index (χ2n) is 6.26. The number of hydrogen-bond acceptors (Lipinski definition) is 5. The highest BCUT2D eigenvalue weighted by Crippen LogP contribution is 2.22. The maximum atomic E-state index is 12.6. The maximum absolute atomic E-state index is 12.6. The number of carbonyl (C=O) groups excluding carboxylic acids is 1. The molecule has 0 bridgehead atoms. The number of benzene rings is 1. The number of ether oxygens (including phenoxy) is 1. The first-order chi connectivity index (χ1) is 12.7. The molecule has 1 aliphatic rings. The number of methoxy groups -OCH3 is 1. The second kappa shape index (κ2) is 8.85. The molecule has 0 saturated carbocycles.